The molecule has 0 radical (unpaired) electrons. The summed E-state index contributed by atoms with van der Waals surface area (Å²) in [4.78, 5) is 0. The average molecular weight is 597 g/mol. The van der Waals surface area contributed by atoms with Crippen molar-refractivity contribution in [3.63, 3.8) is 0 Å². The molecule has 1 heterocycles. The van der Waals surface area contributed by atoms with Crippen molar-refractivity contribution in [2.75, 3.05) is 28.2 Å². The number of nitrogens with zero attached hydrogens (tertiary/aromatic N) is 2. The summed E-state index contributed by atoms with van der Waals surface area (Å²) >= 11 is 0. The number of aryl methyl sites for hydroxylation is 4. The van der Waals surface area contributed by atoms with Gasteiger partial charge in [-0.1, -0.05) is 46.5 Å². The molecule has 0 aliphatic carbocycles. The zero-order valence-corrected chi connectivity index (χ0v) is 27.5. The molecule has 8 bridgehead atoms. The van der Waals surface area contributed by atoms with Crippen molar-refractivity contribution < 1.29 is 29.4 Å². The van der Waals surface area contributed by atoms with E-state index in [9.17, 15) is 20.4 Å². The van der Waals surface area contributed by atoms with Crippen LogP contribution in [0.1, 0.15) is 66.8 Å². The number of phenolic OH excluding ortho intramolecular Hbond substituents is 4. The second kappa shape index (κ2) is 11.5. The van der Waals surface area contributed by atoms with E-state index in [1.165, 1.54) is 0 Å². The van der Waals surface area contributed by atoms with Crippen molar-refractivity contribution in [3.8, 4) is 23.0 Å². The van der Waals surface area contributed by atoms with Gasteiger partial charge in [0.1, 0.15) is 49.2 Å². The molecule has 5 rings (SSSR count). The van der Waals surface area contributed by atoms with Crippen LogP contribution in [0.2, 0.25) is 0 Å². The summed E-state index contributed by atoms with van der Waals surface area (Å²) in [5.74, 6) is 1.03. The molecular formula is C38H48N2O4+2. The summed E-state index contributed by atoms with van der Waals surface area (Å²) in [5, 5.41) is 46.1. The molecular weight excluding hydrogens is 548 g/mol. The van der Waals surface area contributed by atoms with Crippen molar-refractivity contribution >= 4 is 0 Å². The highest BCUT2D eigenvalue weighted by Crippen LogP contribution is 2.37. The van der Waals surface area contributed by atoms with Gasteiger partial charge in [0.05, 0.1) is 28.2 Å². The molecule has 1 aliphatic rings. The number of hydrogen-bond acceptors (Lipinski definition) is 4. The first-order valence-corrected chi connectivity index (χ1v) is 15.4. The highest BCUT2D eigenvalue weighted by molar-refractivity contribution is 5.52. The highest BCUT2D eigenvalue weighted by Gasteiger charge is 2.27. The van der Waals surface area contributed by atoms with Crippen LogP contribution in [-0.4, -0.2) is 57.6 Å². The largest absolute Gasteiger partial charge is 0.507 e. The van der Waals surface area contributed by atoms with Crippen molar-refractivity contribution in [1.29, 1.82) is 0 Å². The van der Waals surface area contributed by atoms with E-state index in [-0.39, 0.29) is 23.0 Å². The molecule has 232 valence electrons. The molecule has 0 atom stereocenters. The Bertz CT molecular complexity index is 1500. The molecule has 0 spiro atoms. The van der Waals surface area contributed by atoms with Gasteiger partial charge >= 0.3 is 0 Å². The second-order valence-electron chi connectivity index (χ2n) is 14.6. The molecule has 0 fully saturated rings. The number of aromatic hydroxyl groups is 4. The lowest BCUT2D eigenvalue weighted by molar-refractivity contribution is -0.916. The number of hydrogen-bond donors (Lipinski definition) is 4. The first-order valence-electron chi connectivity index (χ1n) is 15.4. The number of fused-ring (bicyclic) bond motifs is 8. The summed E-state index contributed by atoms with van der Waals surface area (Å²) in [6.45, 7) is 10.4. The quantitative estimate of drug-likeness (QED) is 0.169. The average Bonchev–Trinajstić information content (AvgIpc) is 2.89. The van der Waals surface area contributed by atoms with Gasteiger partial charge in [0.15, 0.2) is 0 Å². The lowest BCUT2D eigenvalue weighted by Crippen LogP contribution is -2.38. The SMILES string of the molecule is Cc1cc2c(O)c(c1)C[N+](C)(C)Cc1cc(C)cc(c1O)Cc1cc(C)cc(c1O)C[N+](C)(C)Cc1cc(C)cc(c1O)C2. The van der Waals surface area contributed by atoms with Crippen LogP contribution in [0.3, 0.4) is 0 Å². The molecule has 44 heavy (non-hydrogen) atoms. The maximum absolute atomic E-state index is 11.5. The number of quaternary nitrogens is 2. The molecule has 0 saturated heterocycles. The Morgan fingerprint density at radius 1 is 0.364 bits per heavy atom. The zero-order valence-electron chi connectivity index (χ0n) is 27.5. The van der Waals surface area contributed by atoms with Gasteiger partial charge in [-0.3, -0.25) is 0 Å². The molecule has 6 heteroatoms. The highest BCUT2D eigenvalue weighted by atomic mass is 16.3. The van der Waals surface area contributed by atoms with Gasteiger partial charge in [-0.05, 0) is 74.2 Å². The Kier molecular flexibility index (Phi) is 8.21. The van der Waals surface area contributed by atoms with Gasteiger partial charge in [-0.15, -0.1) is 0 Å². The molecule has 4 aromatic rings. The smallest absolute Gasteiger partial charge is 0.127 e. The summed E-state index contributed by atoms with van der Waals surface area (Å²) < 4.78 is 1.03. The molecule has 4 aromatic carbocycles. The van der Waals surface area contributed by atoms with E-state index in [0.29, 0.717) is 48.0 Å². The van der Waals surface area contributed by atoms with Gasteiger partial charge in [-0.2, -0.15) is 0 Å². The van der Waals surface area contributed by atoms with Crippen LogP contribution in [0, 0.1) is 27.7 Å². The van der Waals surface area contributed by atoms with E-state index in [2.05, 4.69) is 28.2 Å². The number of phenols is 4. The van der Waals surface area contributed by atoms with Crippen LogP contribution in [-0.2, 0) is 39.0 Å². The van der Waals surface area contributed by atoms with Crippen LogP contribution in [0.4, 0.5) is 0 Å². The van der Waals surface area contributed by atoms with E-state index < -0.39 is 0 Å². The van der Waals surface area contributed by atoms with Gasteiger partial charge < -0.3 is 29.4 Å². The first-order chi connectivity index (χ1) is 20.5. The van der Waals surface area contributed by atoms with Crippen molar-refractivity contribution in [2.45, 2.75) is 66.7 Å². The zero-order chi connectivity index (χ0) is 32.1. The third-order valence-electron chi connectivity index (χ3n) is 8.80. The summed E-state index contributed by atoms with van der Waals surface area (Å²) in [5.41, 5.74) is 10.7. The van der Waals surface area contributed by atoms with Crippen LogP contribution in [0.25, 0.3) is 0 Å². The fraction of sp³-hybridized carbons (Fsp3) is 0.368. The van der Waals surface area contributed by atoms with E-state index in [0.717, 1.165) is 66.8 Å². The Morgan fingerprint density at radius 2 is 0.545 bits per heavy atom. The van der Waals surface area contributed by atoms with Gasteiger partial charge in [0.25, 0.3) is 0 Å². The van der Waals surface area contributed by atoms with Gasteiger partial charge in [0.2, 0.25) is 0 Å². The minimum Gasteiger partial charge on any atom is -0.507 e. The molecule has 4 N–H and O–H groups in total. The normalized spacial score (nSPS) is 16.4. The molecule has 0 amide bonds. The maximum atomic E-state index is 11.5. The molecule has 0 saturated carbocycles. The lowest BCUT2D eigenvalue weighted by Gasteiger charge is -2.32. The fourth-order valence-electron chi connectivity index (χ4n) is 7.12. The van der Waals surface area contributed by atoms with Crippen LogP contribution in [0.15, 0.2) is 48.5 Å². The van der Waals surface area contributed by atoms with E-state index in [1.807, 2.05) is 76.2 Å². The standard InChI is InChI=1S/C38H46N2O4/c1-23-9-27-17-28-10-24(2)14-33(36(28)42)21-40(7,8)22-34-16-26(4)12-30(38(34)44)18-29-11-25(3)15-32(37(29)43)20-39(5,6)19-31(13-23)35(27)41/h9-16H,17-22H2,1-8H3,(H2-2,41,42,43,44)/p+2. The van der Waals surface area contributed by atoms with E-state index in [1.54, 1.807) is 0 Å². The molecule has 6 nitrogen and oxygen atoms in total. The van der Waals surface area contributed by atoms with Crippen molar-refractivity contribution in [1.82, 2.24) is 0 Å². The van der Waals surface area contributed by atoms with E-state index >= 15 is 0 Å². The van der Waals surface area contributed by atoms with Crippen molar-refractivity contribution in [3.05, 3.63) is 115 Å². The summed E-state index contributed by atoms with van der Waals surface area (Å²) in [6.07, 6.45) is 0.817. The molecule has 0 aromatic heterocycles. The van der Waals surface area contributed by atoms with Crippen LogP contribution >= 0.6 is 0 Å². The Balaban J connectivity index is 1.70. The minimum atomic E-state index is 0.258. The Labute approximate surface area is 262 Å². The fourth-order valence-corrected chi connectivity index (χ4v) is 7.12. The first kappa shape index (κ1) is 31.4. The monoisotopic (exact) mass is 596 g/mol. The third-order valence-corrected chi connectivity index (χ3v) is 8.80. The second-order valence-corrected chi connectivity index (χ2v) is 14.6. The van der Waals surface area contributed by atoms with E-state index in [4.69, 9.17) is 0 Å². The summed E-state index contributed by atoms with van der Waals surface area (Å²) in [6, 6.07) is 16.1. The van der Waals surface area contributed by atoms with Gasteiger partial charge in [-0.25, -0.2) is 0 Å². The Hall–Kier alpha value is -4.00. The third kappa shape index (κ3) is 6.72. The lowest BCUT2D eigenvalue weighted by atomic mass is 9.93. The predicted octanol–water partition coefficient (Wildman–Crippen LogP) is 6.79. The van der Waals surface area contributed by atoms with Crippen molar-refractivity contribution in [2.24, 2.45) is 0 Å². The molecule has 1 aliphatic heterocycles. The number of benzene rings is 4. The predicted molar refractivity (Wildman–Crippen MR) is 176 cm³/mol. The van der Waals surface area contributed by atoms with Crippen LogP contribution in [0.5, 0.6) is 23.0 Å². The Morgan fingerprint density at radius 3 is 0.750 bits per heavy atom. The summed E-state index contributed by atoms with van der Waals surface area (Å²) in [7, 11) is 8.41. The van der Waals surface area contributed by atoms with Gasteiger partial charge in [0, 0.05) is 35.1 Å². The maximum Gasteiger partial charge on any atom is 0.127 e. The minimum absolute atomic E-state index is 0.258. The molecule has 0 unspecified atom stereocenters. The topological polar surface area (TPSA) is 80.9 Å². The van der Waals surface area contributed by atoms with Crippen LogP contribution < -0.4 is 0 Å². The number of rotatable bonds is 0.